The summed E-state index contributed by atoms with van der Waals surface area (Å²) in [6.07, 6.45) is 2.43. The van der Waals surface area contributed by atoms with Crippen molar-refractivity contribution in [2.24, 2.45) is 5.92 Å². The first-order chi connectivity index (χ1) is 17.2. The summed E-state index contributed by atoms with van der Waals surface area (Å²) in [6, 6.07) is 11.7. The SMILES string of the molecule is CC(Cc1ccc2c(c1)OCO2)C(Nc1ccc2nc[nH]c2c1)c1n[nH]nc1CC(=O)OC(C)(C)C. The molecule has 0 radical (unpaired) electrons. The quantitative estimate of drug-likeness (QED) is 0.312. The van der Waals surface area contributed by atoms with E-state index in [9.17, 15) is 4.79 Å². The molecule has 0 saturated heterocycles. The van der Waals surface area contributed by atoms with Crippen LogP contribution in [0.15, 0.2) is 42.7 Å². The predicted molar refractivity (Wildman–Crippen MR) is 134 cm³/mol. The van der Waals surface area contributed by atoms with Gasteiger partial charge in [0, 0.05) is 5.69 Å². The van der Waals surface area contributed by atoms with E-state index in [1.807, 2.05) is 57.2 Å². The molecular formula is C26H30N6O4. The lowest BCUT2D eigenvalue weighted by Crippen LogP contribution is -2.26. The maximum absolute atomic E-state index is 12.6. The van der Waals surface area contributed by atoms with Crippen LogP contribution in [0.25, 0.3) is 11.0 Å². The zero-order chi connectivity index (χ0) is 25.3. The predicted octanol–water partition coefficient (Wildman–Crippen LogP) is 4.33. The van der Waals surface area contributed by atoms with Crippen molar-refractivity contribution >= 4 is 22.7 Å². The molecule has 2 aromatic carbocycles. The lowest BCUT2D eigenvalue weighted by molar-refractivity contribution is -0.154. The summed E-state index contributed by atoms with van der Waals surface area (Å²) in [6.45, 7) is 7.92. The third kappa shape index (κ3) is 5.27. The Hall–Kier alpha value is -4.08. The Labute approximate surface area is 208 Å². The maximum Gasteiger partial charge on any atom is 0.312 e. The minimum absolute atomic E-state index is 0.0254. The van der Waals surface area contributed by atoms with Gasteiger partial charge in [-0.15, -0.1) is 0 Å². The van der Waals surface area contributed by atoms with Gasteiger partial charge >= 0.3 is 5.97 Å². The lowest BCUT2D eigenvalue weighted by Gasteiger charge is -2.26. The molecule has 36 heavy (non-hydrogen) atoms. The third-order valence-corrected chi connectivity index (χ3v) is 5.98. The van der Waals surface area contributed by atoms with E-state index < -0.39 is 5.60 Å². The van der Waals surface area contributed by atoms with Gasteiger partial charge in [0.25, 0.3) is 0 Å². The zero-order valence-electron chi connectivity index (χ0n) is 20.8. The summed E-state index contributed by atoms with van der Waals surface area (Å²) in [5.41, 5.74) is 4.49. The largest absolute Gasteiger partial charge is 0.460 e. The Kier molecular flexibility index (Phi) is 6.26. The summed E-state index contributed by atoms with van der Waals surface area (Å²) >= 11 is 0. The number of imidazole rings is 1. The van der Waals surface area contributed by atoms with Crippen LogP contribution in [-0.2, 0) is 22.4 Å². The number of benzene rings is 2. The second-order valence-electron chi connectivity index (χ2n) is 10.0. The smallest absolute Gasteiger partial charge is 0.312 e. The van der Waals surface area contributed by atoms with Gasteiger partial charge in [-0.05, 0) is 69.0 Å². The Morgan fingerprint density at radius 2 is 1.97 bits per heavy atom. The molecule has 10 nitrogen and oxygen atoms in total. The van der Waals surface area contributed by atoms with Crippen molar-refractivity contribution in [3.8, 4) is 11.5 Å². The minimum atomic E-state index is -0.579. The van der Waals surface area contributed by atoms with Crippen molar-refractivity contribution < 1.29 is 19.0 Å². The molecule has 1 aliphatic rings. The van der Waals surface area contributed by atoms with Crippen LogP contribution in [0.5, 0.6) is 11.5 Å². The molecule has 0 bridgehead atoms. The first-order valence-electron chi connectivity index (χ1n) is 11.9. The van der Waals surface area contributed by atoms with Crippen molar-refractivity contribution in [1.82, 2.24) is 25.4 Å². The minimum Gasteiger partial charge on any atom is -0.460 e. The third-order valence-electron chi connectivity index (χ3n) is 5.98. The van der Waals surface area contributed by atoms with E-state index in [2.05, 4.69) is 37.6 Å². The fraction of sp³-hybridized carbons (Fsp3) is 0.385. The summed E-state index contributed by atoms with van der Waals surface area (Å²) in [5, 5.41) is 15.1. The average molecular weight is 491 g/mol. The van der Waals surface area contributed by atoms with E-state index in [4.69, 9.17) is 14.2 Å². The molecule has 0 fully saturated rings. The first-order valence-corrected chi connectivity index (χ1v) is 11.9. The summed E-state index contributed by atoms with van der Waals surface area (Å²) in [4.78, 5) is 20.0. The van der Waals surface area contributed by atoms with E-state index >= 15 is 0 Å². The first kappa shape index (κ1) is 23.7. The molecule has 4 aromatic rings. The summed E-state index contributed by atoms with van der Waals surface area (Å²) in [7, 11) is 0. The highest BCUT2D eigenvalue weighted by Crippen LogP contribution is 2.35. The number of hydrogen-bond acceptors (Lipinski definition) is 8. The second-order valence-corrected chi connectivity index (χ2v) is 10.0. The lowest BCUT2D eigenvalue weighted by atomic mass is 9.90. The molecule has 2 atom stereocenters. The number of fused-ring (bicyclic) bond motifs is 2. The molecule has 188 valence electrons. The van der Waals surface area contributed by atoms with E-state index in [0.29, 0.717) is 11.4 Å². The number of H-pyrrole nitrogens is 2. The number of aromatic amines is 2. The second kappa shape index (κ2) is 9.52. The van der Waals surface area contributed by atoms with E-state index in [1.165, 1.54) is 0 Å². The van der Waals surface area contributed by atoms with E-state index in [0.717, 1.165) is 40.2 Å². The topological polar surface area (TPSA) is 127 Å². The molecule has 5 rings (SSSR count). The number of hydrogen-bond donors (Lipinski definition) is 3. The highest BCUT2D eigenvalue weighted by atomic mass is 16.7. The number of nitrogens with zero attached hydrogens (tertiary/aromatic N) is 3. The van der Waals surface area contributed by atoms with Crippen LogP contribution in [0.2, 0.25) is 0 Å². The molecule has 3 N–H and O–H groups in total. The van der Waals surface area contributed by atoms with Crippen molar-refractivity contribution in [3.05, 3.63) is 59.7 Å². The molecular weight excluding hydrogens is 460 g/mol. The van der Waals surface area contributed by atoms with Gasteiger partial charge in [-0.3, -0.25) is 4.79 Å². The fourth-order valence-corrected chi connectivity index (χ4v) is 4.40. The van der Waals surface area contributed by atoms with Gasteiger partial charge in [0.05, 0.1) is 35.5 Å². The van der Waals surface area contributed by atoms with Crippen LogP contribution in [0.3, 0.4) is 0 Å². The van der Waals surface area contributed by atoms with Crippen molar-refractivity contribution in [2.75, 3.05) is 12.1 Å². The van der Waals surface area contributed by atoms with Gasteiger partial charge in [0.2, 0.25) is 6.79 Å². The molecule has 2 aromatic heterocycles. The molecule has 10 heteroatoms. The van der Waals surface area contributed by atoms with Gasteiger partial charge in [0.1, 0.15) is 11.3 Å². The van der Waals surface area contributed by atoms with Gasteiger partial charge < -0.3 is 24.5 Å². The van der Waals surface area contributed by atoms with E-state index in [1.54, 1.807) is 6.33 Å². The number of carbonyl (C=O) groups is 1. The Balaban J connectivity index is 1.43. The number of anilines is 1. The highest BCUT2D eigenvalue weighted by molar-refractivity contribution is 5.79. The number of aromatic nitrogens is 5. The van der Waals surface area contributed by atoms with Crippen LogP contribution in [-0.4, -0.2) is 43.7 Å². The van der Waals surface area contributed by atoms with Crippen LogP contribution in [0.4, 0.5) is 5.69 Å². The van der Waals surface area contributed by atoms with Gasteiger partial charge in [-0.2, -0.15) is 15.4 Å². The van der Waals surface area contributed by atoms with E-state index in [-0.39, 0.29) is 31.1 Å². The number of nitrogens with one attached hydrogen (secondary N) is 3. The molecule has 3 heterocycles. The van der Waals surface area contributed by atoms with Gasteiger partial charge in [-0.25, -0.2) is 4.98 Å². The maximum atomic E-state index is 12.6. The van der Waals surface area contributed by atoms with Crippen LogP contribution < -0.4 is 14.8 Å². The van der Waals surface area contributed by atoms with Crippen LogP contribution >= 0.6 is 0 Å². The Morgan fingerprint density at radius 1 is 1.14 bits per heavy atom. The van der Waals surface area contributed by atoms with Crippen molar-refractivity contribution in [1.29, 1.82) is 0 Å². The number of esters is 1. The molecule has 1 aliphatic heterocycles. The zero-order valence-corrected chi connectivity index (χ0v) is 20.8. The number of ether oxygens (including phenoxy) is 3. The summed E-state index contributed by atoms with van der Waals surface area (Å²) in [5.74, 6) is 1.23. The van der Waals surface area contributed by atoms with Crippen LogP contribution in [0, 0.1) is 5.92 Å². The van der Waals surface area contributed by atoms with Gasteiger partial charge in [-0.1, -0.05) is 13.0 Å². The fourth-order valence-electron chi connectivity index (χ4n) is 4.40. The molecule has 0 saturated carbocycles. The molecule has 0 spiro atoms. The Morgan fingerprint density at radius 3 is 2.81 bits per heavy atom. The average Bonchev–Trinajstić information content (AvgIpc) is 3.56. The summed E-state index contributed by atoms with van der Waals surface area (Å²) < 4.78 is 16.5. The Bertz CT molecular complexity index is 1370. The standard InChI is InChI=1S/C26H30N6O4/c1-15(9-16-5-8-21-22(10-16)35-14-34-21)24(29-17-6-7-18-19(11-17)28-13-27-18)25-20(30-32-31-25)12-23(33)36-26(2,3)4/h5-8,10-11,13,15,24,29H,9,12,14H2,1-4H3,(H,27,28)(H,30,31,32). The monoisotopic (exact) mass is 490 g/mol. The number of rotatable bonds is 8. The normalized spacial score (nSPS) is 14.6. The van der Waals surface area contributed by atoms with Crippen molar-refractivity contribution in [2.45, 2.75) is 52.2 Å². The van der Waals surface area contributed by atoms with Crippen LogP contribution in [0.1, 0.15) is 50.7 Å². The molecule has 0 aliphatic carbocycles. The number of carbonyl (C=O) groups excluding carboxylic acids is 1. The van der Waals surface area contributed by atoms with Gasteiger partial charge in [0.15, 0.2) is 11.5 Å². The molecule has 0 amide bonds. The van der Waals surface area contributed by atoms with Crippen molar-refractivity contribution in [3.63, 3.8) is 0 Å². The molecule has 2 unspecified atom stereocenters. The highest BCUT2D eigenvalue weighted by Gasteiger charge is 2.28.